The van der Waals surface area contributed by atoms with Gasteiger partial charge in [0.25, 0.3) is 0 Å². The third kappa shape index (κ3) is 3.67. The fraction of sp³-hybridized carbons (Fsp3) is 0.429. The Labute approximate surface area is 149 Å². The molecule has 0 radical (unpaired) electrons. The predicted octanol–water partition coefficient (Wildman–Crippen LogP) is 3.86. The van der Waals surface area contributed by atoms with Crippen LogP contribution in [0.2, 0.25) is 0 Å². The van der Waals surface area contributed by atoms with Crippen molar-refractivity contribution in [3.05, 3.63) is 58.4 Å². The predicted molar refractivity (Wildman–Crippen MR) is 96.1 cm³/mol. The number of rotatable bonds is 4. The topological polar surface area (TPSA) is 62.1 Å². The third-order valence-corrected chi connectivity index (χ3v) is 4.88. The summed E-state index contributed by atoms with van der Waals surface area (Å²) in [6.07, 6.45) is 1.33. The van der Waals surface area contributed by atoms with E-state index in [1.807, 2.05) is 37.3 Å². The monoisotopic (exact) mass is 336 g/mol. The van der Waals surface area contributed by atoms with E-state index in [1.165, 1.54) is 0 Å². The number of nitriles is 1. The summed E-state index contributed by atoms with van der Waals surface area (Å²) in [5.74, 6) is -0.138. The molecule has 130 valence electrons. The summed E-state index contributed by atoms with van der Waals surface area (Å²) in [6, 6.07) is 12.2. The number of ketones is 1. The number of carbonyl (C=O) groups is 1. The Morgan fingerprint density at radius 3 is 2.68 bits per heavy atom. The molecule has 0 saturated carbocycles. The van der Waals surface area contributed by atoms with E-state index < -0.39 is 0 Å². The normalized spacial score (nSPS) is 22.3. The van der Waals surface area contributed by atoms with Crippen molar-refractivity contribution in [2.75, 3.05) is 6.61 Å². The second-order valence-electron chi connectivity index (χ2n) is 7.66. The van der Waals surface area contributed by atoms with E-state index >= 15 is 0 Å². The molecule has 1 aromatic rings. The van der Waals surface area contributed by atoms with Crippen LogP contribution in [0, 0.1) is 22.7 Å². The minimum Gasteiger partial charge on any atom is -0.376 e. The molecule has 4 heteroatoms. The smallest absolute Gasteiger partial charge is 0.161 e. The number of dihydropyridines is 1. The molecule has 1 N–H and O–H groups in total. The molecule has 0 bridgehead atoms. The van der Waals surface area contributed by atoms with Crippen LogP contribution in [0.15, 0.2) is 52.9 Å². The Balaban J connectivity index is 1.82. The molecular weight excluding hydrogens is 312 g/mol. The molecule has 1 aromatic carbocycles. The second-order valence-corrected chi connectivity index (χ2v) is 7.66. The number of nitrogens with one attached hydrogen (secondary N) is 1. The van der Waals surface area contributed by atoms with E-state index in [0.29, 0.717) is 25.2 Å². The van der Waals surface area contributed by atoms with Gasteiger partial charge in [0.05, 0.1) is 24.9 Å². The molecule has 1 aliphatic carbocycles. The van der Waals surface area contributed by atoms with Crippen LogP contribution in [0.5, 0.6) is 0 Å². The molecule has 0 spiro atoms. The first-order valence-corrected chi connectivity index (χ1v) is 8.67. The minimum absolute atomic E-state index is 0.0528. The van der Waals surface area contributed by atoms with Crippen LogP contribution < -0.4 is 5.32 Å². The molecule has 3 rings (SSSR count). The van der Waals surface area contributed by atoms with E-state index in [1.54, 1.807) is 0 Å². The Hall–Kier alpha value is -2.38. The van der Waals surface area contributed by atoms with Gasteiger partial charge < -0.3 is 10.1 Å². The molecule has 0 saturated heterocycles. The van der Waals surface area contributed by atoms with Crippen LogP contribution in [0.4, 0.5) is 0 Å². The highest BCUT2D eigenvalue weighted by molar-refractivity contribution is 5.99. The standard InChI is InChI=1S/C21H24N2O2/c1-14-16(11-22)17(13-25-12-15-7-5-4-6-8-15)20-18(23-14)9-21(2,3)10-19(20)24/h4-8,17,23H,9-10,12-13H2,1-3H3. The zero-order valence-electron chi connectivity index (χ0n) is 15.1. The highest BCUT2D eigenvalue weighted by Crippen LogP contribution is 2.42. The quantitative estimate of drug-likeness (QED) is 0.907. The summed E-state index contributed by atoms with van der Waals surface area (Å²) in [6.45, 7) is 6.94. The van der Waals surface area contributed by atoms with Crippen molar-refractivity contribution in [1.29, 1.82) is 5.26 Å². The van der Waals surface area contributed by atoms with Gasteiger partial charge in [-0.2, -0.15) is 5.26 Å². The van der Waals surface area contributed by atoms with Gasteiger partial charge in [-0.05, 0) is 24.3 Å². The number of nitrogens with zero attached hydrogens (tertiary/aromatic N) is 1. The van der Waals surface area contributed by atoms with Crippen molar-refractivity contribution in [3.63, 3.8) is 0 Å². The van der Waals surface area contributed by atoms with Crippen molar-refractivity contribution in [2.45, 2.75) is 40.2 Å². The molecule has 1 unspecified atom stereocenters. The van der Waals surface area contributed by atoms with Crippen LogP contribution >= 0.6 is 0 Å². The molecule has 2 aliphatic rings. The first kappa shape index (κ1) is 17.4. The van der Waals surface area contributed by atoms with E-state index in [4.69, 9.17) is 4.74 Å². The fourth-order valence-electron chi connectivity index (χ4n) is 3.75. The van der Waals surface area contributed by atoms with Gasteiger partial charge in [0, 0.05) is 29.3 Å². The molecule has 1 heterocycles. The number of Topliss-reactive ketones (excluding diaryl/α,β-unsaturated/α-hetero) is 1. The van der Waals surface area contributed by atoms with Crippen molar-refractivity contribution < 1.29 is 9.53 Å². The molecule has 0 fully saturated rings. The zero-order chi connectivity index (χ0) is 18.0. The lowest BCUT2D eigenvalue weighted by molar-refractivity contribution is -0.118. The highest BCUT2D eigenvalue weighted by Gasteiger charge is 2.40. The van der Waals surface area contributed by atoms with Gasteiger partial charge in [0.2, 0.25) is 0 Å². The number of benzene rings is 1. The van der Waals surface area contributed by atoms with Crippen molar-refractivity contribution >= 4 is 5.78 Å². The second kappa shape index (κ2) is 6.85. The maximum atomic E-state index is 12.8. The molecule has 1 atom stereocenters. The number of hydrogen-bond acceptors (Lipinski definition) is 4. The first-order chi connectivity index (χ1) is 11.9. The SMILES string of the molecule is CC1=C(C#N)C(COCc2ccccc2)C2=C(CC(C)(C)CC2=O)N1. The summed E-state index contributed by atoms with van der Waals surface area (Å²) < 4.78 is 5.89. The molecule has 0 aromatic heterocycles. The van der Waals surface area contributed by atoms with E-state index in [2.05, 4.69) is 25.2 Å². The zero-order valence-corrected chi connectivity index (χ0v) is 15.1. The van der Waals surface area contributed by atoms with Gasteiger partial charge in [-0.3, -0.25) is 4.79 Å². The van der Waals surface area contributed by atoms with Crippen molar-refractivity contribution in [2.24, 2.45) is 11.3 Å². The maximum Gasteiger partial charge on any atom is 0.161 e. The van der Waals surface area contributed by atoms with E-state index in [9.17, 15) is 10.1 Å². The number of ether oxygens (including phenoxy) is 1. The Kier molecular flexibility index (Phi) is 4.78. The summed E-state index contributed by atoms with van der Waals surface area (Å²) in [4.78, 5) is 12.8. The summed E-state index contributed by atoms with van der Waals surface area (Å²) in [5.41, 5.74) is 4.18. The van der Waals surface area contributed by atoms with Gasteiger partial charge in [-0.25, -0.2) is 0 Å². The average Bonchev–Trinajstić information content (AvgIpc) is 2.54. The van der Waals surface area contributed by atoms with Gasteiger partial charge in [-0.1, -0.05) is 44.2 Å². The lowest BCUT2D eigenvalue weighted by Crippen LogP contribution is -2.38. The molecule has 4 nitrogen and oxygen atoms in total. The minimum atomic E-state index is -0.270. The number of hydrogen-bond donors (Lipinski definition) is 1. The molecule has 1 aliphatic heterocycles. The number of allylic oxidation sites excluding steroid dienone is 2. The highest BCUT2D eigenvalue weighted by atomic mass is 16.5. The van der Waals surface area contributed by atoms with Gasteiger partial charge in [0.15, 0.2) is 5.78 Å². The number of carbonyl (C=O) groups excluding carboxylic acids is 1. The van der Waals surface area contributed by atoms with Gasteiger partial charge in [0.1, 0.15) is 0 Å². The lowest BCUT2D eigenvalue weighted by Gasteiger charge is -2.38. The van der Waals surface area contributed by atoms with Crippen LogP contribution in [0.25, 0.3) is 0 Å². The van der Waals surface area contributed by atoms with Crippen LogP contribution in [0.3, 0.4) is 0 Å². The average molecular weight is 336 g/mol. The Bertz CT molecular complexity index is 782. The van der Waals surface area contributed by atoms with E-state index in [-0.39, 0.29) is 17.1 Å². The summed E-state index contributed by atoms with van der Waals surface area (Å²) in [5, 5.41) is 12.9. The van der Waals surface area contributed by atoms with Gasteiger partial charge >= 0.3 is 0 Å². The summed E-state index contributed by atoms with van der Waals surface area (Å²) >= 11 is 0. The van der Waals surface area contributed by atoms with Gasteiger partial charge in [-0.15, -0.1) is 0 Å². The third-order valence-electron chi connectivity index (χ3n) is 4.88. The summed E-state index contributed by atoms with van der Waals surface area (Å²) in [7, 11) is 0. The van der Waals surface area contributed by atoms with Crippen molar-refractivity contribution in [3.8, 4) is 6.07 Å². The fourth-order valence-corrected chi connectivity index (χ4v) is 3.75. The van der Waals surface area contributed by atoms with Crippen LogP contribution in [-0.2, 0) is 16.1 Å². The van der Waals surface area contributed by atoms with Crippen LogP contribution in [-0.4, -0.2) is 12.4 Å². The lowest BCUT2D eigenvalue weighted by atomic mass is 9.70. The molecular formula is C21H24N2O2. The Morgan fingerprint density at radius 1 is 1.28 bits per heavy atom. The first-order valence-electron chi connectivity index (χ1n) is 8.67. The molecule has 0 amide bonds. The Morgan fingerprint density at radius 2 is 2.00 bits per heavy atom. The van der Waals surface area contributed by atoms with Crippen molar-refractivity contribution in [1.82, 2.24) is 5.32 Å². The maximum absolute atomic E-state index is 12.8. The van der Waals surface area contributed by atoms with E-state index in [0.717, 1.165) is 29.0 Å². The molecule has 25 heavy (non-hydrogen) atoms. The largest absolute Gasteiger partial charge is 0.376 e. The van der Waals surface area contributed by atoms with Crippen LogP contribution in [0.1, 0.15) is 39.2 Å².